The smallest absolute Gasteiger partial charge is 0.307 e. The predicted molar refractivity (Wildman–Crippen MR) is 54.9 cm³/mol. The number of halogens is 2. The molecular weight excluding hydrogens is 223 g/mol. The molecule has 1 aromatic carbocycles. The number of rotatable bonds is 2. The molecule has 0 heterocycles. The Bertz CT molecular complexity index is 390. The summed E-state index contributed by atoms with van der Waals surface area (Å²) in [6.45, 7) is 0. The molecule has 1 saturated carbocycles. The molecule has 1 N–H and O–H groups in total. The lowest BCUT2D eigenvalue weighted by atomic mass is 10.1. The van der Waals surface area contributed by atoms with Crippen molar-refractivity contribution in [1.82, 2.24) is 0 Å². The van der Waals surface area contributed by atoms with E-state index >= 15 is 0 Å². The largest absolute Gasteiger partial charge is 0.481 e. The summed E-state index contributed by atoms with van der Waals surface area (Å²) >= 11 is 11.6. The molecule has 0 aliphatic heterocycles. The Hall–Kier alpha value is -0.730. The van der Waals surface area contributed by atoms with Crippen LogP contribution in [0.15, 0.2) is 18.2 Å². The number of hydrogen-bond donors (Lipinski definition) is 1. The number of benzene rings is 1. The van der Waals surface area contributed by atoms with E-state index in [1.165, 1.54) is 0 Å². The van der Waals surface area contributed by atoms with E-state index in [0.29, 0.717) is 16.5 Å². The first kappa shape index (κ1) is 9.81. The first-order valence-electron chi connectivity index (χ1n) is 4.27. The number of carboxylic acid groups (broad SMARTS) is 1. The molecule has 0 spiro atoms. The van der Waals surface area contributed by atoms with Crippen molar-refractivity contribution in [3.05, 3.63) is 33.8 Å². The zero-order valence-electron chi connectivity index (χ0n) is 7.21. The highest BCUT2D eigenvalue weighted by molar-refractivity contribution is 6.42. The van der Waals surface area contributed by atoms with Crippen molar-refractivity contribution in [2.24, 2.45) is 5.92 Å². The maximum absolute atomic E-state index is 10.6. The third-order valence-corrected chi connectivity index (χ3v) is 3.22. The summed E-state index contributed by atoms with van der Waals surface area (Å²) in [6, 6.07) is 5.29. The van der Waals surface area contributed by atoms with Gasteiger partial charge in [0, 0.05) is 0 Å². The SMILES string of the molecule is O=C(O)C1CC1c1ccc(Cl)c(Cl)c1. The van der Waals surface area contributed by atoms with Crippen LogP contribution in [-0.2, 0) is 4.79 Å². The number of carboxylic acids is 1. The third kappa shape index (κ3) is 1.72. The minimum absolute atomic E-state index is 0.113. The van der Waals surface area contributed by atoms with Crippen LogP contribution in [0.5, 0.6) is 0 Å². The average Bonchev–Trinajstić information content (AvgIpc) is 2.89. The zero-order chi connectivity index (χ0) is 10.3. The summed E-state index contributed by atoms with van der Waals surface area (Å²) in [5.74, 6) is -0.865. The standard InChI is InChI=1S/C10H8Cl2O2/c11-8-2-1-5(3-9(8)12)6-4-7(6)10(13)14/h1-3,6-7H,4H2,(H,13,14). The minimum Gasteiger partial charge on any atom is -0.481 e. The Labute approximate surface area is 91.4 Å². The summed E-state index contributed by atoms with van der Waals surface area (Å²) in [5.41, 5.74) is 0.965. The van der Waals surface area contributed by atoms with Crippen LogP contribution in [0.1, 0.15) is 17.9 Å². The molecule has 0 bridgehead atoms. The van der Waals surface area contributed by atoms with Crippen LogP contribution < -0.4 is 0 Å². The highest BCUT2D eigenvalue weighted by Gasteiger charge is 2.44. The van der Waals surface area contributed by atoms with Gasteiger partial charge in [0.1, 0.15) is 0 Å². The molecule has 2 nitrogen and oxygen atoms in total. The molecule has 14 heavy (non-hydrogen) atoms. The number of hydrogen-bond acceptors (Lipinski definition) is 1. The molecule has 1 fully saturated rings. The second-order valence-electron chi connectivity index (χ2n) is 3.46. The molecule has 2 unspecified atom stereocenters. The molecule has 0 saturated heterocycles. The van der Waals surface area contributed by atoms with Gasteiger partial charge >= 0.3 is 5.97 Å². The fourth-order valence-corrected chi connectivity index (χ4v) is 1.89. The number of aliphatic carboxylic acids is 1. The number of carbonyl (C=O) groups is 1. The van der Waals surface area contributed by atoms with Crippen molar-refractivity contribution >= 4 is 29.2 Å². The summed E-state index contributed by atoms with van der Waals surface area (Å²) in [5, 5.41) is 9.74. The van der Waals surface area contributed by atoms with Gasteiger partial charge in [-0.05, 0) is 30.0 Å². The molecular formula is C10H8Cl2O2. The Balaban J connectivity index is 2.20. The third-order valence-electron chi connectivity index (χ3n) is 2.48. The first-order chi connectivity index (χ1) is 6.59. The van der Waals surface area contributed by atoms with Crippen molar-refractivity contribution in [3.8, 4) is 0 Å². The van der Waals surface area contributed by atoms with E-state index in [-0.39, 0.29) is 11.8 Å². The lowest BCUT2D eigenvalue weighted by Crippen LogP contribution is -1.98. The molecule has 0 radical (unpaired) electrons. The second kappa shape index (κ2) is 3.44. The van der Waals surface area contributed by atoms with Crippen LogP contribution in [0.2, 0.25) is 10.0 Å². The van der Waals surface area contributed by atoms with Gasteiger partial charge in [0.05, 0.1) is 16.0 Å². The maximum Gasteiger partial charge on any atom is 0.307 e. The molecule has 2 atom stereocenters. The maximum atomic E-state index is 10.6. The van der Waals surface area contributed by atoms with Crippen LogP contribution in [0, 0.1) is 5.92 Å². The van der Waals surface area contributed by atoms with E-state index in [0.717, 1.165) is 5.56 Å². The van der Waals surface area contributed by atoms with Gasteiger partial charge < -0.3 is 5.11 Å². The summed E-state index contributed by atoms with van der Waals surface area (Å²) in [4.78, 5) is 10.6. The summed E-state index contributed by atoms with van der Waals surface area (Å²) < 4.78 is 0. The minimum atomic E-state index is -0.735. The van der Waals surface area contributed by atoms with E-state index in [2.05, 4.69) is 0 Å². The van der Waals surface area contributed by atoms with E-state index in [1.54, 1.807) is 12.1 Å². The average molecular weight is 231 g/mol. The Morgan fingerprint density at radius 1 is 1.36 bits per heavy atom. The van der Waals surface area contributed by atoms with E-state index < -0.39 is 5.97 Å². The van der Waals surface area contributed by atoms with E-state index in [4.69, 9.17) is 28.3 Å². The van der Waals surface area contributed by atoms with Gasteiger partial charge in [-0.1, -0.05) is 29.3 Å². The summed E-state index contributed by atoms with van der Waals surface area (Å²) in [6.07, 6.45) is 0.702. The Morgan fingerprint density at radius 2 is 2.07 bits per heavy atom. The molecule has 1 aliphatic rings. The topological polar surface area (TPSA) is 37.3 Å². The van der Waals surface area contributed by atoms with Gasteiger partial charge in [0.2, 0.25) is 0 Å². The van der Waals surface area contributed by atoms with Crippen LogP contribution in [0.25, 0.3) is 0 Å². The monoisotopic (exact) mass is 230 g/mol. The Kier molecular flexibility index (Phi) is 2.41. The van der Waals surface area contributed by atoms with Gasteiger partial charge in [0.25, 0.3) is 0 Å². The van der Waals surface area contributed by atoms with Crippen molar-refractivity contribution in [2.45, 2.75) is 12.3 Å². The van der Waals surface area contributed by atoms with Gasteiger partial charge in [0.15, 0.2) is 0 Å². The van der Waals surface area contributed by atoms with Gasteiger partial charge in [-0.15, -0.1) is 0 Å². The van der Waals surface area contributed by atoms with Crippen LogP contribution >= 0.6 is 23.2 Å². The molecule has 74 valence electrons. The zero-order valence-corrected chi connectivity index (χ0v) is 8.72. The van der Waals surface area contributed by atoms with E-state index in [9.17, 15) is 4.79 Å². The van der Waals surface area contributed by atoms with Crippen molar-refractivity contribution in [2.75, 3.05) is 0 Å². The molecule has 4 heteroatoms. The van der Waals surface area contributed by atoms with Crippen molar-refractivity contribution < 1.29 is 9.90 Å². The van der Waals surface area contributed by atoms with Crippen molar-refractivity contribution in [3.63, 3.8) is 0 Å². The fraction of sp³-hybridized carbons (Fsp3) is 0.300. The van der Waals surface area contributed by atoms with Gasteiger partial charge in [-0.2, -0.15) is 0 Å². The van der Waals surface area contributed by atoms with Gasteiger partial charge in [-0.25, -0.2) is 0 Å². The lowest BCUT2D eigenvalue weighted by Gasteiger charge is -2.00. The summed E-state index contributed by atoms with van der Waals surface area (Å²) in [7, 11) is 0. The van der Waals surface area contributed by atoms with Crippen molar-refractivity contribution in [1.29, 1.82) is 0 Å². The molecule has 2 rings (SSSR count). The van der Waals surface area contributed by atoms with E-state index in [1.807, 2.05) is 6.07 Å². The molecule has 1 aromatic rings. The highest BCUT2D eigenvalue weighted by atomic mass is 35.5. The van der Waals surface area contributed by atoms with Crippen LogP contribution in [0.3, 0.4) is 0 Å². The first-order valence-corrected chi connectivity index (χ1v) is 5.03. The lowest BCUT2D eigenvalue weighted by molar-refractivity contribution is -0.138. The Morgan fingerprint density at radius 3 is 2.57 bits per heavy atom. The predicted octanol–water partition coefficient (Wildman–Crippen LogP) is 3.18. The van der Waals surface area contributed by atoms with Gasteiger partial charge in [-0.3, -0.25) is 4.79 Å². The van der Waals surface area contributed by atoms with Crippen LogP contribution in [0.4, 0.5) is 0 Å². The quantitative estimate of drug-likeness (QED) is 0.848. The molecule has 1 aliphatic carbocycles. The fourth-order valence-electron chi connectivity index (χ4n) is 1.58. The highest BCUT2D eigenvalue weighted by Crippen LogP contribution is 2.48. The molecule has 0 amide bonds. The van der Waals surface area contributed by atoms with Crippen LogP contribution in [-0.4, -0.2) is 11.1 Å². The normalized spacial score (nSPS) is 24.7. The molecule has 0 aromatic heterocycles. The second-order valence-corrected chi connectivity index (χ2v) is 4.27.